The van der Waals surface area contributed by atoms with Crippen LogP contribution >= 0.6 is 0 Å². The number of unbranched alkanes of at least 4 members (excludes halogenated alkanes) is 1. The first-order valence-electron chi connectivity index (χ1n) is 8.32. The second kappa shape index (κ2) is 8.50. The van der Waals surface area contributed by atoms with Crippen LogP contribution in [0.1, 0.15) is 58.9 Å². The topological polar surface area (TPSA) is 29.3 Å². The number of benzene rings is 1. The molecule has 1 rings (SSSR count). The molecule has 120 valence electrons. The Hall–Kier alpha value is -0.930. The molecule has 0 spiro atoms. The van der Waals surface area contributed by atoms with Gasteiger partial charge in [0, 0.05) is 6.04 Å². The average molecular weight is 294 g/mol. The molecule has 2 N–H and O–H groups in total. The molecule has 0 aliphatic carbocycles. The Balaban J connectivity index is 3.16. The summed E-state index contributed by atoms with van der Waals surface area (Å²) >= 11 is 0. The molecule has 3 heteroatoms. The van der Waals surface area contributed by atoms with Crippen LogP contribution < -0.4 is 5.73 Å². The molecular weight excluding hydrogens is 263 g/mol. The molecule has 21 heavy (non-hydrogen) atoms. The molecule has 0 aromatic heterocycles. The van der Waals surface area contributed by atoms with Gasteiger partial charge in [0.05, 0.1) is 5.54 Å². The predicted molar refractivity (Wildman–Crippen MR) is 88.8 cm³/mol. The Morgan fingerprint density at radius 3 is 2.10 bits per heavy atom. The summed E-state index contributed by atoms with van der Waals surface area (Å²) in [6.07, 6.45) is 4.27. The van der Waals surface area contributed by atoms with E-state index in [2.05, 4.69) is 32.6 Å². The first-order valence-corrected chi connectivity index (χ1v) is 8.32. The normalized spacial score (nSPS) is 16.0. The predicted octanol–water partition coefficient (Wildman–Crippen LogP) is 4.29. The van der Waals surface area contributed by atoms with Gasteiger partial charge in [-0.3, -0.25) is 4.90 Å². The molecule has 2 nitrogen and oxygen atoms in total. The second-order valence-electron chi connectivity index (χ2n) is 5.78. The lowest BCUT2D eigenvalue weighted by Crippen LogP contribution is -2.56. The fourth-order valence-corrected chi connectivity index (χ4v) is 3.22. The van der Waals surface area contributed by atoms with Gasteiger partial charge in [0.25, 0.3) is 0 Å². The van der Waals surface area contributed by atoms with Crippen molar-refractivity contribution >= 4 is 0 Å². The highest BCUT2D eigenvalue weighted by molar-refractivity contribution is 5.27. The summed E-state index contributed by atoms with van der Waals surface area (Å²) < 4.78 is 13.2. The van der Waals surface area contributed by atoms with Gasteiger partial charge in [-0.15, -0.1) is 0 Å². The number of nitrogens with two attached hydrogens (primary N) is 1. The van der Waals surface area contributed by atoms with Crippen molar-refractivity contribution in [2.45, 2.75) is 65.0 Å². The lowest BCUT2D eigenvalue weighted by Gasteiger charge is -2.44. The first-order chi connectivity index (χ1) is 10.0. The maximum Gasteiger partial charge on any atom is 0.123 e. The molecule has 0 aliphatic rings. The molecule has 0 amide bonds. The molecular formula is C18H31FN2. The average Bonchev–Trinajstić information content (AvgIpc) is 2.51. The minimum Gasteiger partial charge on any atom is -0.320 e. The Bertz CT molecular complexity index is 400. The molecule has 0 saturated carbocycles. The summed E-state index contributed by atoms with van der Waals surface area (Å²) in [5, 5.41) is 0. The SMILES string of the molecule is CCCCC(N(CC)CC)C(N)(CC)c1ccc(F)cc1. The number of hydrogen-bond donors (Lipinski definition) is 1. The number of rotatable bonds is 9. The Kier molecular flexibility index (Phi) is 7.33. The Morgan fingerprint density at radius 2 is 1.67 bits per heavy atom. The van der Waals surface area contributed by atoms with E-state index >= 15 is 0 Å². The molecule has 0 fully saturated rings. The summed E-state index contributed by atoms with van der Waals surface area (Å²) in [5.41, 5.74) is 7.46. The molecule has 0 radical (unpaired) electrons. The van der Waals surface area contributed by atoms with Gasteiger partial charge in [-0.05, 0) is 43.6 Å². The number of halogens is 1. The fourth-order valence-electron chi connectivity index (χ4n) is 3.22. The van der Waals surface area contributed by atoms with E-state index in [-0.39, 0.29) is 5.82 Å². The number of hydrogen-bond acceptors (Lipinski definition) is 2. The highest BCUT2D eigenvalue weighted by Crippen LogP contribution is 2.32. The summed E-state index contributed by atoms with van der Waals surface area (Å²) in [6, 6.07) is 7.03. The molecule has 0 saturated heterocycles. The molecule has 0 bridgehead atoms. The minimum atomic E-state index is -0.422. The van der Waals surface area contributed by atoms with Crippen molar-refractivity contribution in [2.75, 3.05) is 13.1 Å². The summed E-state index contributed by atoms with van der Waals surface area (Å²) in [5.74, 6) is -0.204. The quantitative estimate of drug-likeness (QED) is 0.736. The van der Waals surface area contributed by atoms with Crippen LogP contribution in [-0.2, 0) is 5.54 Å². The van der Waals surface area contributed by atoms with Crippen LogP contribution in [0.3, 0.4) is 0 Å². The van der Waals surface area contributed by atoms with E-state index in [0.717, 1.165) is 31.5 Å². The Labute approximate surface area is 129 Å². The van der Waals surface area contributed by atoms with Crippen LogP contribution in [0.4, 0.5) is 4.39 Å². The zero-order valence-electron chi connectivity index (χ0n) is 14.0. The molecule has 0 heterocycles. The smallest absolute Gasteiger partial charge is 0.123 e. The molecule has 2 unspecified atom stereocenters. The summed E-state index contributed by atoms with van der Waals surface area (Å²) in [6.45, 7) is 10.7. The highest BCUT2D eigenvalue weighted by atomic mass is 19.1. The van der Waals surface area contributed by atoms with Crippen molar-refractivity contribution in [3.05, 3.63) is 35.6 Å². The standard InChI is InChI=1S/C18H31FN2/c1-5-9-10-17(21(7-3)8-4)18(20,6-2)15-11-13-16(19)14-12-15/h11-14,17H,5-10,20H2,1-4H3. The van der Waals surface area contributed by atoms with E-state index < -0.39 is 5.54 Å². The van der Waals surface area contributed by atoms with Gasteiger partial charge in [0.2, 0.25) is 0 Å². The monoisotopic (exact) mass is 294 g/mol. The van der Waals surface area contributed by atoms with E-state index in [0.29, 0.717) is 6.04 Å². The van der Waals surface area contributed by atoms with Gasteiger partial charge in [0.1, 0.15) is 5.82 Å². The van der Waals surface area contributed by atoms with Crippen molar-refractivity contribution in [1.29, 1.82) is 0 Å². The molecule has 2 atom stereocenters. The fraction of sp³-hybridized carbons (Fsp3) is 0.667. The number of nitrogens with zero attached hydrogens (tertiary/aromatic N) is 1. The number of likely N-dealkylation sites (N-methyl/N-ethyl adjacent to an activating group) is 1. The van der Waals surface area contributed by atoms with Crippen LogP contribution in [0.2, 0.25) is 0 Å². The summed E-state index contributed by atoms with van der Waals surface area (Å²) in [7, 11) is 0. The third-order valence-electron chi connectivity index (χ3n) is 4.65. The minimum absolute atomic E-state index is 0.204. The van der Waals surface area contributed by atoms with Crippen molar-refractivity contribution in [3.63, 3.8) is 0 Å². The lowest BCUT2D eigenvalue weighted by molar-refractivity contribution is 0.114. The van der Waals surface area contributed by atoms with Gasteiger partial charge < -0.3 is 5.73 Å². The molecule has 0 aliphatic heterocycles. The van der Waals surface area contributed by atoms with Crippen LogP contribution in [0, 0.1) is 5.82 Å². The zero-order valence-corrected chi connectivity index (χ0v) is 14.0. The maximum atomic E-state index is 13.2. The van der Waals surface area contributed by atoms with Crippen LogP contribution in [0.25, 0.3) is 0 Å². The van der Waals surface area contributed by atoms with Crippen molar-refractivity contribution in [2.24, 2.45) is 5.73 Å². The molecule has 1 aromatic carbocycles. The van der Waals surface area contributed by atoms with E-state index in [1.54, 1.807) is 0 Å². The second-order valence-corrected chi connectivity index (χ2v) is 5.78. The van der Waals surface area contributed by atoms with Gasteiger partial charge in [-0.1, -0.05) is 52.7 Å². The van der Waals surface area contributed by atoms with E-state index in [9.17, 15) is 4.39 Å². The van der Waals surface area contributed by atoms with Crippen LogP contribution in [0.15, 0.2) is 24.3 Å². The van der Waals surface area contributed by atoms with Gasteiger partial charge >= 0.3 is 0 Å². The first kappa shape index (κ1) is 18.1. The third-order valence-corrected chi connectivity index (χ3v) is 4.65. The van der Waals surface area contributed by atoms with Crippen molar-refractivity contribution in [1.82, 2.24) is 4.90 Å². The zero-order chi connectivity index (χ0) is 15.9. The molecule has 1 aromatic rings. The highest BCUT2D eigenvalue weighted by Gasteiger charge is 2.37. The lowest BCUT2D eigenvalue weighted by atomic mass is 9.78. The van der Waals surface area contributed by atoms with Gasteiger partial charge in [0.15, 0.2) is 0 Å². The van der Waals surface area contributed by atoms with Crippen LogP contribution in [0.5, 0.6) is 0 Å². The van der Waals surface area contributed by atoms with E-state index in [1.165, 1.54) is 25.0 Å². The van der Waals surface area contributed by atoms with Gasteiger partial charge in [-0.2, -0.15) is 0 Å². The maximum absolute atomic E-state index is 13.2. The third kappa shape index (κ3) is 4.27. The summed E-state index contributed by atoms with van der Waals surface area (Å²) in [4.78, 5) is 2.45. The van der Waals surface area contributed by atoms with E-state index in [1.807, 2.05) is 12.1 Å². The van der Waals surface area contributed by atoms with Gasteiger partial charge in [-0.25, -0.2) is 4.39 Å². The van der Waals surface area contributed by atoms with E-state index in [4.69, 9.17) is 5.73 Å². The largest absolute Gasteiger partial charge is 0.320 e. The van der Waals surface area contributed by atoms with Crippen LogP contribution in [-0.4, -0.2) is 24.0 Å². The Morgan fingerprint density at radius 1 is 1.10 bits per heavy atom. The van der Waals surface area contributed by atoms with Crippen molar-refractivity contribution < 1.29 is 4.39 Å². The van der Waals surface area contributed by atoms with Crippen molar-refractivity contribution in [3.8, 4) is 0 Å².